The van der Waals surface area contributed by atoms with E-state index in [1.165, 1.54) is 6.92 Å². The fraction of sp³-hybridized carbons (Fsp3) is 0.571. The number of ether oxygens (including phenoxy) is 1. The highest BCUT2D eigenvalue weighted by Gasteiger charge is 2.30. The smallest absolute Gasteiger partial charge is 0.152 e. The number of rotatable bonds is 2. The summed E-state index contributed by atoms with van der Waals surface area (Å²) in [5, 5.41) is 0. The van der Waals surface area contributed by atoms with Gasteiger partial charge in [0, 0.05) is 0 Å². The van der Waals surface area contributed by atoms with Crippen molar-refractivity contribution >= 4 is 5.78 Å². The third-order valence-corrected chi connectivity index (χ3v) is 1.28. The molecule has 2 atom stereocenters. The van der Waals surface area contributed by atoms with Crippen LogP contribution in [0.4, 0.5) is 0 Å². The van der Waals surface area contributed by atoms with Crippen LogP contribution in [0.25, 0.3) is 0 Å². The van der Waals surface area contributed by atoms with E-state index in [2.05, 4.69) is 0 Å². The molecule has 1 saturated heterocycles. The summed E-state index contributed by atoms with van der Waals surface area (Å²) < 4.78 is 5.03. The lowest BCUT2D eigenvalue weighted by Gasteiger charge is -1.75. The number of epoxide rings is 1. The molecule has 0 aliphatic carbocycles. The SMILES string of the molecule is CC(=O)/C=C/[C@@H]1O[C@H]1C. The number of allylic oxidation sites excluding steroid dienone is 1. The summed E-state index contributed by atoms with van der Waals surface area (Å²) in [4.78, 5) is 10.3. The van der Waals surface area contributed by atoms with Crippen molar-refractivity contribution in [3.8, 4) is 0 Å². The molecule has 0 bridgehead atoms. The molecule has 50 valence electrons. The van der Waals surface area contributed by atoms with Crippen LogP contribution in [-0.4, -0.2) is 18.0 Å². The molecule has 0 aromatic heterocycles. The Hall–Kier alpha value is -0.630. The van der Waals surface area contributed by atoms with Gasteiger partial charge < -0.3 is 4.74 Å². The Labute approximate surface area is 54.5 Å². The van der Waals surface area contributed by atoms with E-state index in [1.807, 2.05) is 6.92 Å². The number of hydrogen-bond acceptors (Lipinski definition) is 2. The van der Waals surface area contributed by atoms with Gasteiger partial charge >= 0.3 is 0 Å². The van der Waals surface area contributed by atoms with Gasteiger partial charge in [-0.3, -0.25) is 4.79 Å². The second-order valence-electron chi connectivity index (χ2n) is 2.28. The van der Waals surface area contributed by atoms with Gasteiger partial charge in [0.15, 0.2) is 5.78 Å². The quantitative estimate of drug-likeness (QED) is 0.406. The van der Waals surface area contributed by atoms with Gasteiger partial charge in [0.05, 0.1) is 6.10 Å². The van der Waals surface area contributed by atoms with Gasteiger partial charge in [-0.05, 0) is 26.0 Å². The van der Waals surface area contributed by atoms with Crippen molar-refractivity contribution in [1.29, 1.82) is 0 Å². The summed E-state index contributed by atoms with van der Waals surface area (Å²) in [7, 11) is 0. The van der Waals surface area contributed by atoms with E-state index in [0.717, 1.165) is 0 Å². The minimum atomic E-state index is 0.0812. The van der Waals surface area contributed by atoms with Crippen LogP contribution in [0.5, 0.6) is 0 Å². The first-order valence-corrected chi connectivity index (χ1v) is 3.04. The maximum atomic E-state index is 10.3. The van der Waals surface area contributed by atoms with Gasteiger partial charge in [-0.25, -0.2) is 0 Å². The molecule has 1 fully saturated rings. The second kappa shape index (κ2) is 2.31. The molecule has 0 aromatic rings. The second-order valence-corrected chi connectivity index (χ2v) is 2.28. The Bertz CT molecular complexity index is 149. The summed E-state index contributed by atoms with van der Waals surface area (Å²) in [5.41, 5.74) is 0. The van der Waals surface area contributed by atoms with E-state index >= 15 is 0 Å². The van der Waals surface area contributed by atoms with E-state index < -0.39 is 0 Å². The van der Waals surface area contributed by atoms with E-state index in [4.69, 9.17) is 4.74 Å². The Morgan fingerprint density at radius 1 is 1.67 bits per heavy atom. The zero-order valence-corrected chi connectivity index (χ0v) is 5.63. The average Bonchev–Trinajstić information content (AvgIpc) is 2.42. The highest BCUT2D eigenvalue weighted by molar-refractivity contribution is 5.87. The van der Waals surface area contributed by atoms with Crippen molar-refractivity contribution in [2.24, 2.45) is 0 Å². The molecule has 0 amide bonds. The van der Waals surface area contributed by atoms with Gasteiger partial charge in [-0.15, -0.1) is 0 Å². The maximum Gasteiger partial charge on any atom is 0.152 e. The molecule has 1 rings (SSSR count). The van der Waals surface area contributed by atoms with Crippen molar-refractivity contribution in [1.82, 2.24) is 0 Å². The molecule has 0 unspecified atom stereocenters. The summed E-state index contributed by atoms with van der Waals surface area (Å²) in [6.07, 6.45) is 3.87. The molecule has 9 heavy (non-hydrogen) atoms. The highest BCUT2D eigenvalue weighted by Crippen LogP contribution is 2.21. The third kappa shape index (κ3) is 1.98. The highest BCUT2D eigenvalue weighted by atomic mass is 16.6. The lowest BCUT2D eigenvalue weighted by molar-refractivity contribution is -0.112. The predicted molar refractivity (Wildman–Crippen MR) is 34.2 cm³/mol. The zero-order valence-electron chi connectivity index (χ0n) is 5.63. The number of hydrogen-bond donors (Lipinski definition) is 0. The summed E-state index contributed by atoms with van der Waals surface area (Å²) >= 11 is 0. The normalized spacial score (nSPS) is 33.1. The Balaban J connectivity index is 2.25. The molecule has 2 nitrogen and oxygen atoms in total. The number of carbonyl (C=O) groups is 1. The van der Waals surface area contributed by atoms with Crippen LogP contribution in [0.1, 0.15) is 13.8 Å². The van der Waals surface area contributed by atoms with Crippen LogP contribution >= 0.6 is 0 Å². The first-order valence-electron chi connectivity index (χ1n) is 3.04. The molecule has 0 saturated carbocycles. The topological polar surface area (TPSA) is 29.6 Å². The first-order chi connectivity index (χ1) is 4.20. The Morgan fingerprint density at radius 2 is 2.22 bits per heavy atom. The van der Waals surface area contributed by atoms with Crippen molar-refractivity contribution < 1.29 is 9.53 Å². The summed E-state index contributed by atoms with van der Waals surface area (Å²) in [5.74, 6) is 0.0812. The van der Waals surface area contributed by atoms with E-state index in [0.29, 0.717) is 6.10 Å². The molecular formula is C7H10O2. The van der Waals surface area contributed by atoms with Crippen LogP contribution in [0.15, 0.2) is 12.2 Å². The lowest BCUT2D eigenvalue weighted by atomic mass is 10.3. The van der Waals surface area contributed by atoms with Crippen LogP contribution in [0.3, 0.4) is 0 Å². The van der Waals surface area contributed by atoms with E-state index in [-0.39, 0.29) is 11.9 Å². The van der Waals surface area contributed by atoms with Crippen LogP contribution in [0, 0.1) is 0 Å². The maximum absolute atomic E-state index is 10.3. The molecule has 1 heterocycles. The zero-order chi connectivity index (χ0) is 6.85. The predicted octanol–water partition coefficient (Wildman–Crippen LogP) is 0.919. The standard InChI is InChI=1S/C7H10O2/c1-5(8)3-4-7-6(2)9-7/h3-4,6-7H,1-2H3/b4-3+/t6-,7-/m0/s1. The number of carbonyl (C=O) groups excluding carboxylic acids is 1. The molecule has 0 radical (unpaired) electrons. The number of ketones is 1. The Morgan fingerprint density at radius 3 is 2.56 bits per heavy atom. The monoisotopic (exact) mass is 126 g/mol. The van der Waals surface area contributed by atoms with Gasteiger partial charge in [-0.1, -0.05) is 0 Å². The molecule has 1 aliphatic rings. The van der Waals surface area contributed by atoms with Crippen molar-refractivity contribution in [3.05, 3.63) is 12.2 Å². The third-order valence-electron chi connectivity index (χ3n) is 1.28. The van der Waals surface area contributed by atoms with Gasteiger partial charge in [0.2, 0.25) is 0 Å². The van der Waals surface area contributed by atoms with Crippen LogP contribution in [-0.2, 0) is 9.53 Å². The minimum absolute atomic E-state index is 0.0812. The minimum Gasteiger partial charge on any atom is -0.365 e. The summed E-state index contributed by atoms with van der Waals surface area (Å²) in [6, 6.07) is 0. The Kier molecular flexibility index (Phi) is 1.67. The molecular weight excluding hydrogens is 116 g/mol. The van der Waals surface area contributed by atoms with Gasteiger partial charge in [0.1, 0.15) is 6.10 Å². The fourth-order valence-electron chi connectivity index (χ4n) is 0.635. The average molecular weight is 126 g/mol. The van der Waals surface area contributed by atoms with Crippen LogP contribution in [0.2, 0.25) is 0 Å². The van der Waals surface area contributed by atoms with Crippen LogP contribution < -0.4 is 0 Å². The summed E-state index contributed by atoms with van der Waals surface area (Å²) in [6.45, 7) is 3.51. The van der Waals surface area contributed by atoms with Crippen molar-refractivity contribution in [2.45, 2.75) is 26.1 Å². The molecule has 0 aromatic carbocycles. The van der Waals surface area contributed by atoms with Crippen molar-refractivity contribution in [3.63, 3.8) is 0 Å². The molecule has 0 spiro atoms. The van der Waals surface area contributed by atoms with Gasteiger partial charge in [0.25, 0.3) is 0 Å². The largest absolute Gasteiger partial charge is 0.365 e. The van der Waals surface area contributed by atoms with E-state index in [9.17, 15) is 4.79 Å². The fourth-order valence-corrected chi connectivity index (χ4v) is 0.635. The first kappa shape index (κ1) is 6.49. The van der Waals surface area contributed by atoms with E-state index in [1.54, 1.807) is 12.2 Å². The lowest BCUT2D eigenvalue weighted by Crippen LogP contribution is -1.85. The molecule has 1 aliphatic heterocycles. The van der Waals surface area contributed by atoms with Crippen molar-refractivity contribution in [2.75, 3.05) is 0 Å². The molecule has 0 N–H and O–H groups in total. The molecule has 2 heteroatoms. The van der Waals surface area contributed by atoms with Gasteiger partial charge in [-0.2, -0.15) is 0 Å².